The summed E-state index contributed by atoms with van der Waals surface area (Å²) >= 11 is 5.96. The van der Waals surface area contributed by atoms with Crippen molar-refractivity contribution in [1.29, 1.82) is 0 Å². The molecule has 4 nitrogen and oxygen atoms in total. The van der Waals surface area contributed by atoms with Gasteiger partial charge in [-0.3, -0.25) is 9.78 Å². The van der Waals surface area contributed by atoms with Crippen molar-refractivity contribution in [2.75, 3.05) is 31.1 Å². The smallest absolute Gasteiger partial charge is 0.254 e. The number of fused-ring (bicyclic) bond motifs is 1. The molecular weight excluding hydrogens is 372 g/mol. The molecular formula is C20H16ClF2N3O. The highest BCUT2D eigenvalue weighted by Gasteiger charge is 2.24. The van der Waals surface area contributed by atoms with Crippen molar-refractivity contribution in [3.63, 3.8) is 0 Å². The molecule has 1 aliphatic heterocycles. The summed E-state index contributed by atoms with van der Waals surface area (Å²) in [5.74, 6) is -1.15. The highest BCUT2D eigenvalue weighted by Crippen LogP contribution is 2.30. The Kier molecular flexibility index (Phi) is 4.66. The molecule has 27 heavy (non-hydrogen) atoms. The van der Waals surface area contributed by atoms with E-state index in [1.165, 1.54) is 6.20 Å². The van der Waals surface area contributed by atoms with Crippen molar-refractivity contribution in [3.8, 4) is 0 Å². The zero-order valence-corrected chi connectivity index (χ0v) is 15.1. The van der Waals surface area contributed by atoms with Crippen LogP contribution in [0.1, 0.15) is 10.4 Å². The third kappa shape index (κ3) is 3.32. The number of hydrogen-bond acceptors (Lipinski definition) is 3. The number of rotatable bonds is 2. The normalized spacial score (nSPS) is 14.6. The van der Waals surface area contributed by atoms with Gasteiger partial charge in [-0.2, -0.15) is 0 Å². The van der Waals surface area contributed by atoms with E-state index < -0.39 is 11.6 Å². The van der Waals surface area contributed by atoms with Crippen LogP contribution in [0.3, 0.4) is 0 Å². The van der Waals surface area contributed by atoms with Gasteiger partial charge in [0.15, 0.2) is 0 Å². The number of pyridine rings is 1. The van der Waals surface area contributed by atoms with Gasteiger partial charge in [-0.1, -0.05) is 17.7 Å². The molecule has 2 aromatic carbocycles. The van der Waals surface area contributed by atoms with E-state index in [1.54, 1.807) is 35.2 Å². The topological polar surface area (TPSA) is 36.4 Å². The summed E-state index contributed by atoms with van der Waals surface area (Å²) in [5, 5.41) is 0.687. The number of piperazine rings is 1. The summed E-state index contributed by atoms with van der Waals surface area (Å²) in [6.07, 6.45) is 1.48. The maximum atomic E-state index is 14.3. The maximum absolute atomic E-state index is 14.3. The summed E-state index contributed by atoms with van der Waals surface area (Å²) in [6.45, 7) is 1.99. The average Bonchev–Trinajstić information content (AvgIpc) is 2.70. The van der Waals surface area contributed by atoms with Crippen molar-refractivity contribution >= 4 is 34.1 Å². The first-order chi connectivity index (χ1) is 13.0. The van der Waals surface area contributed by atoms with Gasteiger partial charge in [-0.25, -0.2) is 8.78 Å². The molecule has 0 radical (unpaired) electrons. The minimum Gasteiger partial charge on any atom is -0.367 e. The third-order valence-corrected chi connectivity index (χ3v) is 4.98. The monoisotopic (exact) mass is 387 g/mol. The second kappa shape index (κ2) is 7.12. The van der Waals surface area contributed by atoms with Gasteiger partial charge in [0.1, 0.15) is 17.2 Å². The standard InChI is InChI=1S/C20H16ClF2N3O/c21-14-3-1-2-13(12-14)20(27)26-10-8-25(9-11-26)17-6-7-24-19-16(23)5-4-15(22)18(17)19/h1-7,12H,8-11H2. The maximum Gasteiger partial charge on any atom is 0.254 e. The van der Waals surface area contributed by atoms with Gasteiger partial charge in [0, 0.05) is 43.0 Å². The zero-order valence-electron chi connectivity index (χ0n) is 14.3. The Morgan fingerprint density at radius 2 is 1.74 bits per heavy atom. The van der Waals surface area contributed by atoms with Crippen molar-refractivity contribution in [3.05, 3.63) is 70.9 Å². The molecule has 1 saturated heterocycles. The fraction of sp³-hybridized carbons (Fsp3) is 0.200. The number of carbonyl (C=O) groups is 1. The first-order valence-corrected chi connectivity index (χ1v) is 8.95. The lowest BCUT2D eigenvalue weighted by atomic mass is 10.1. The van der Waals surface area contributed by atoms with Gasteiger partial charge in [-0.15, -0.1) is 0 Å². The minimum atomic E-state index is -0.553. The van der Waals surface area contributed by atoms with Crippen molar-refractivity contribution in [1.82, 2.24) is 9.88 Å². The largest absolute Gasteiger partial charge is 0.367 e. The molecule has 0 unspecified atom stereocenters. The number of benzene rings is 2. The SMILES string of the molecule is O=C(c1cccc(Cl)c1)N1CCN(c2ccnc3c(F)ccc(F)c23)CC1. The Labute approximate surface area is 160 Å². The van der Waals surface area contributed by atoms with E-state index >= 15 is 0 Å². The molecule has 1 aromatic heterocycles. The number of carbonyl (C=O) groups excluding carboxylic acids is 1. The first kappa shape index (κ1) is 17.7. The molecule has 3 aromatic rings. The molecule has 2 heterocycles. The van der Waals surface area contributed by atoms with E-state index in [2.05, 4.69) is 4.98 Å². The minimum absolute atomic E-state index is 0.0185. The summed E-state index contributed by atoms with van der Waals surface area (Å²) in [4.78, 5) is 20.3. The molecule has 0 bridgehead atoms. The van der Waals surface area contributed by atoms with E-state index in [1.807, 2.05) is 4.90 Å². The van der Waals surface area contributed by atoms with E-state index in [0.717, 1.165) is 12.1 Å². The lowest BCUT2D eigenvalue weighted by molar-refractivity contribution is 0.0747. The van der Waals surface area contributed by atoms with Gasteiger partial charge < -0.3 is 9.80 Å². The van der Waals surface area contributed by atoms with E-state index in [9.17, 15) is 13.6 Å². The fourth-order valence-electron chi connectivity index (χ4n) is 3.39. The molecule has 7 heteroatoms. The Balaban J connectivity index is 1.56. The summed E-state index contributed by atoms with van der Waals surface area (Å²) in [5.41, 5.74) is 1.15. The van der Waals surface area contributed by atoms with E-state index in [4.69, 9.17) is 11.6 Å². The van der Waals surface area contributed by atoms with E-state index in [-0.39, 0.29) is 16.8 Å². The second-order valence-electron chi connectivity index (χ2n) is 6.37. The van der Waals surface area contributed by atoms with Crippen molar-refractivity contribution in [2.45, 2.75) is 0 Å². The number of anilines is 1. The van der Waals surface area contributed by atoms with Gasteiger partial charge in [-0.05, 0) is 36.4 Å². The van der Waals surface area contributed by atoms with Crippen molar-refractivity contribution in [2.24, 2.45) is 0 Å². The average molecular weight is 388 g/mol. The summed E-state index contributed by atoms with van der Waals surface area (Å²) in [7, 11) is 0. The van der Waals surface area contributed by atoms with E-state index in [0.29, 0.717) is 42.5 Å². The van der Waals surface area contributed by atoms with Crippen LogP contribution in [0.5, 0.6) is 0 Å². The number of hydrogen-bond donors (Lipinski definition) is 0. The molecule has 0 N–H and O–H groups in total. The van der Waals surface area contributed by atoms with Gasteiger partial charge in [0.25, 0.3) is 5.91 Å². The molecule has 0 saturated carbocycles. The highest BCUT2D eigenvalue weighted by atomic mass is 35.5. The molecule has 0 atom stereocenters. The number of halogens is 3. The number of aromatic nitrogens is 1. The van der Waals surface area contributed by atoms with Gasteiger partial charge in [0.05, 0.1) is 11.1 Å². The molecule has 0 spiro atoms. The molecule has 1 fully saturated rings. The Morgan fingerprint density at radius 1 is 1.00 bits per heavy atom. The van der Waals surface area contributed by atoms with Crippen LogP contribution in [-0.2, 0) is 0 Å². The lowest BCUT2D eigenvalue weighted by Crippen LogP contribution is -2.48. The molecule has 4 rings (SSSR count). The van der Waals surface area contributed by atoms with Crippen LogP contribution >= 0.6 is 11.6 Å². The Morgan fingerprint density at radius 3 is 2.48 bits per heavy atom. The van der Waals surface area contributed by atoms with Crippen LogP contribution < -0.4 is 4.90 Å². The predicted octanol–water partition coefficient (Wildman–Crippen LogP) is 4.13. The molecule has 0 aliphatic carbocycles. The first-order valence-electron chi connectivity index (χ1n) is 8.57. The van der Waals surface area contributed by atoms with Crippen LogP contribution in [0.4, 0.5) is 14.5 Å². The Bertz CT molecular complexity index is 1020. The van der Waals surface area contributed by atoms with Crippen molar-refractivity contribution < 1.29 is 13.6 Å². The van der Waals surface area contributed by atoms with Gasteiger partial charge in [0.2, 0.25) is 0 Å². The van der Waals surface area contributed by atoms with Crippen LogP contribution in [0.25, 0.3) is 10.9 Å². The second-order valence-corrected chi connectivity index (χ2v) is 6.81. The summed E-state index contributed by atoms with van der Waals surface area (Å²) < 4.78 is 28.3. The third-order valence-electron chi connectivity index (χ3n) is 4.75. The Hall–Kier alpha value is -2.73. The summed E-state index contributed by atoms with van der Waals surface area (Å²) in [6, 6.07) is 10.7. The molecule has 1 aliphatic rings. The van der Waals surface area contributed by atoms with Crippen LogP contribution in [-0.4, -0.2) is 42.0 Å². The van der Waals surface area contributed by atoms with Crippen LogP contribution in [0, 0.1) is 11.6 Å². The van der Waals surface area contributed by atoms with Crippen LogP contribution in [0.2, 0.25) is 5.02 Å². The quantitative estimate of drug-likeness (QED) is 0.663. The lowest BCUT2D eigenvalue weighted by Gasteiger charge is -2.36. The number of amides is 1. The molecule has 138 valence electrons. The highest BCUT2D eigenvalue weighted by molar-refractivity contribution is 6.30. The number of nitrogens with zero attached hydrogens (tertiary/aromatic N) is 3. The predicted molar refractivity (Wildman–Crippen MR) is 101 cm³/mol. The molecule has 1 amide bonds. The van der Waals surface area contributed by atoms with Crippen LogP contribution in [0.15, 0.2) is 48.7 Å². The van der Waals surface area contributed by atoms with Gasteiger partial charge >= 0.3 is 0 Å². The zero-order chi connectivity index (χ0) is 19.0. The fourth-order valence-corrected chi connectivity index (χ4v) is 3.59.